The second-order valence-corrected chi connectivity index (χ2v) is 5.42. The molecule has 1 N–H and O–H groups in total. The van der Waals surface area contributed by atoms with Crippen LogP contribution >= 0.6 is 0 Å². The first-order valence-electron chi connectivity index (χ1n) is 6.47. The predicted octanol–water partition coefficient (Wildman–Crippen LogP) is 2.64. The molecule has 0 bridgehead atoms. The zero-order valence-electron chi connectivity index (χ0n) is 12.2. The van der Waals surface area contributed by atoms with Crippen molar-refractivity contribution in [1.29, 1.82) is 0 Å². The fourth-order valence-corrected chi connectivity index (χ4v) is 1.42. The normalized spacial score (nSPS) is 11.9. The van der Waals surface area contributed by atoms with Gasteiger partial charge in [0.05, 0.1) is 6.54 Å². The molecule has 118 valence electrons. The van der Waals surface area contributed by atoms with Gasteiger partial charge in [0.1, 0.15) is 18.0 Å². The summed E-state index contributed by atoms with van der Waals surface area (Å²) in [4.78, 5) is 11.3. The van der Waals surface area contributed by atoms with Crippen molar-refractivity contribution >= 4 is 18.5 Å². The van der Waals surface area contributed by atoms with Crippen LogP contribution in [0.1, 0.15) is 20.8 Å². The molecule has 0 saturated carbocycles. The lowest BCUT2D eigenvalue weighted by atomic mass is 9.80. The summed E-state index contributed by atoms with van der Waals surface area (Å²) in [5.74, 6) is 0.310. The molecule has 0 aromatic heterocycles. The highest BCUT2D eigenvalue weighted by molar-refractivity contribution is 6.73. The predicted molar refractivity (Wildman–Crippen MR) is 74.9 cm³/mol. The van der Waals surface area contributed by atoms with E-state index in [0.717, 1.165) is 12.1 Å². The Balaban J connectivity index is 2.32. The molecule has 0 aliphatic rings. The van der Waals surface area contributed by atoms with E-state index in [-0.39, 0.29) is 13.2 Å². The fourth-order valence-electron chi connectivity index (χ4n) is 1.42. The lowest BCUT2D eigenvalue weighted by Crippen LogP contribution is -2.35. The molecule has 4 nitrogen and oxygen atoms in total. The van der Waals surface area contributed by atoms with Gasteiger partial charge in [-0.25, -0.2) is 4.79 Å². The van der Waals surface area contributed by atoms with Gasteiger partial charge in [0, 0.05) is 0 Å². The number of rotatable bonds is 5. The fraction of sp³-hybridized carbons (Fsp3) is 0.462. The van der Waals surface area contributed by atoms with E-state index in [0.29, 0.717) is 5.75 Å². The lowest BCUT2D eigenvalue weighted by molar-refractivity contribution is 0.0520. The van der Waals surface area contributed by atoms with Crippen LogP contribution in [0.15, 0.2) is 24.3 Å². The molecule has 1 aromatic carbocycles. The molecule has 0 aliphatic heterocycles. The van der Waals surface area contributed by atoms with Crippen molar-refractivity contribution in [2.24, 2.45) is 0 Å². The first kappa shape index (κ1) is 17.2. The summed E-state index contributed by atoms with van der Waals surface area (Å²) in [6, 6.07) is 4.43. The Labute approximate surface area is 121 Å². The van der Waals surface area contributed by atoms with Crippen molar-refractivity contribution in [3.8, 4) is 5.75 Å². The Morgan fingerprint density at radius 1 is 1.19 bits per heavy atom. The summed E-state index contributed by atoms with van der Waals surface area (Å²) < 4.78 is 47.5. The summed E-state index contributed by atoms with van der Waals surface area (Å²) in [7, 11) is 0. The third-order valence-electron chi connectivity index (χ3n) is 2.30. The van der Waals surface area contributed by atoms with E-state index < -0.39 is 24.1 Å². The van der Waals surface area contributed by atoms with Crippen molar-refractivity contribution < 1.29 is 27.2 Å². The summed E-state index contributed by atoms with van der Waals surface area (Å²) in [6.45, 7) is 0.565. The lowest BCUT2D eigenvalue weighted by Gasteiger charge is -2.19. The van der Waals surface area contributed by atoms with E-state index in [1.165, 1.54) is 12.1 Å². The van der Waals surface area contributed by atoms with Crippen molar-refractivity contribution in [2.45, 2.75) is 26.4 Å². The molecule has 1 rings (SSSR count). The molecule has 0 atom stereocenters. The molecule has 0 heterocycles. The maximum atomic E-state index is 12.4. The van der Waals surface area contributed by atoms with E-state index in [9.17, 15) is 17.7 Å². The van der Waals surface area contributed by atoms with Crippen LogP contribution in [0, 0.1) is 0 Å². The van der Waals surface area contributed by atoms with E-state index in [2.05, 4.69) is 5.32 Å². The molecular formula is C13H18BF3NO3-. The van der Waals surface area contributed by atoms with Crippen LogP contribution in [0.25, 0.3) is 0 Å². The third kappa shape index (κ3) is 6.92. The van der Waals surface area contributed by atoms with E-state index in [4.69, 9.17) is 9.47 Å². The van der Waals surface area contributed by atoms with Crippen molar-refractivity contribution in [1.82, 2.24) is 5.32 Å². The Morgan fingerprint density at radius 2 is 1.76 bits per heavy atom. The molecule has 0 unspecified atom stereocenters. The van der Waals surface area contributed by atoms with Crippen LogP contribution in [-0.2, 0) is 4.74 Å². The molecule has 0 saturated heterocycles. The van der Waals surface area contributed by atoms with Gasteiger partial charge >= 0.3 is 13.1 Å². The van der Waals surface area contributed by atoms with Gasteiger partial charge in [-0.1, -0.05) is 12.1 Å². The minimum Gasteiger partial charge on any atom is -0.492 e. The molecule has 1 aromatic rings. The largest absolute Gasteiger partial charge is 0.509 e. The minimum atomic E-state index is -4.99. The molecule has 0 radical (unpaired) electrons. The number of ether oxygens (including phenoxy) is 2. The molecule has 1 amide bonds. The second kappa shape index (κ2) is 6.73. The van der Waals surface area contributed by atoms with E-state index in [1.807, 2.05) is 0 Å². The zero-order chi connectivity index (χ0) is 16.1. The summed E-state index contributed by atoms with van der Waals surface area (Å²) in [5.41, 5.74) is -1.26. The molecule has 21 heavy (non-hydrogen) atoms. The quantitative estimate of drug-likeness (QED) is 0.672. The van der Waals surface area contributed by atoms with Gasteiger partial charge in [-0.15, -0.1) is 5.46 Å². The van der Waals surface area contributed by atoms with Gasteiger partial charge < -0.3 is 27.7 Å². The molecule has 0 spiro atoms. The van der Waals surface area contributed by atoms with Gasteiger partial charge in [0.2, 0.25) is 0 Å². The van der Waals surface area contributed by atoms with E-state index >= 15 is 0 Å². The second-order valence-electron chi connectivity index (χ2n) is 5.42. The number of carbonyl (C=O) groups excluding carboxylic acids is 1. The molecule has 0 aliphatic carbocycles. The zero-order valence-corrected chi connectivity index (χ0v) is 12.2. The third-order valence-corrected chi connectivity index (χ3v) is 2.30. The highest BCUT2D eigenvalue weighted by Gasteiger charge is 2.24. The maximum absolute atomic E-state index is 12.4. The van der Waals surface area contributed by atoms with Crippen LogP contribution < -0.4 is 15.5 Å². The Bertz CT molecular complexity index is 469. The maximum Gasteiger partial charge on any atom is 0.509 e. The van der Waals surface area contributed by atoms with Gasteiger partial charge in [0.25, 0.3) is 0 Å². The van der Waals surface area contributed by atoms with Gasteiger partial charge in [-0.2, -0.15) is 0 Å². The molecule has 0 fully saturated rings. The minimum absolute atomic E-state index is 0.135. The number of hydrogen-bond acceptors (Lipinski definition) is 3. The van der Waals surface area contributed by atoms with Crippen molar-refractivity contribution in [3.05, 3.63) is 24.3 Å². The number of carbonyl (C=O) groups is 1. The van der Waals surface area contributed by atoms with Crippen LogP contribution in [0.4, 0.5) is 17.7 Å². The van der Waals surface area contributed by atoms with E-state index in [1.54, 1.807) is 20.8 Å². The van der Waals surface area contributed by atoms with Gasteiger partial charge in [-0.3, -0.25) is 0 Å². The first-order chi connectivity index (χ1) is 9.58. The first-order valence-corrected chi connectivity index (χ1v) is 6.47. The molecule has 8 heteroatoms. The van der Waals surface area contributed by atoms with Gasteiger partial charge in [0.15, 0.2) is 0 Å². The Morgan fingerprint density at radius 3 is 2.24 bits per heavy atom. The number of hydrogen-bond donors (Lipinski definition) is 1. The van der Waals surface area contributed by atoms with Crippen LogP contribution in [0.5, 0.6) is 5.75 Å². The summed E-state index contributed by atoms with van der Waals surface area (Å²) in [6.07, 6.45) is -0.568. The average Bonchev–Trinajstić information content (AvgIpc) is 2.32. The Hall–Kier alpha value is -1.86. The number of benzene rings is 1. The number of nitrogens with one attached hydrogen (secondary N) is 1. The monoisotopic (exact) mass is 304 g/mol. The summed E-state index contributed by atoms with van der Waals surface area (Å²) in [5, 5.41) is 2.48. The Kier molecular flexibility index (Phi) is 5.51. The summed E-state index contributed by atoms with van der Waals surface area (Å²) >= 11 is 0. The van der Waals surface area contributed by atoms with Crippen molar-refractivity contribution in [2.75, 3.05) is 13.2 Å². The topological polar surface area (TPSA) is 47.6 Å². The number of halogens is 3. The van der Waals surface area contributed by atoms with Crippen LogP contribution in [0.2, 0.25) is 0 Å². The van der Waals surface area contributed by atoms with Crippen LogP contribution in [0.3, 0.4) is 0 Å². The van der Waals surface area contributed by atoms with Crippen molar-refractivity contribution in [3.63, 3.8) is 0 Å². The smallest absolute Gasteiger partial charge is 0.492 e. The SMILES string of the molecule is CC(C)(C)OC(=O)NCCOc1ccc([B-](F)(F)F)cc1. The highest BCUT2D eigenvalue weighted by atomic mass is 19.4. The van der Waals surface area contributed by atoms with Gasteiger partial charge in [-0.05, 0) is 32.9 Å². The molecular weight excluding hydrogens is 286 g/mol. The number of alkyl carbamates (subject to hydrolysis) is 1. The highest BCUT2D eigenvalue weighted by Crippen LogP contribution is 2.13. The van der Waals surface area contributed by atoms with Crippen LogP contribution in [-0.4, -0.2) is 31.8 Å². The average molecular weight is 304 g/mol. The number of amides is 1. The standard InChI is InChI=1S/C13H18BF3NO3/c1-13(2,3)21-12(19)18-8-9-20-11-6-4-10(5-7-11)14(15,16)17/h4-7H,8-9H2,1-3H3,(H,18,19)/q-1.